The molecule has 0 bridgehead atoms. The van der Waals surface area contributed by atoms with Gasteiger partial charge in [0.25, 0.3) is 5.91 Å². The number of halogens is 1. The lowest BCUT2D eigenvalue weighted by Gasteiger charge is -2.20. The van der Waals surface area contributed by atoms with Gasteiger partial charge in [-0.05, 0) is 19.1 Å². The molecule has 2 aromatic rings. The molecule has 0 atom stereocenters. The number of hydrogen-bond acceptors (Lipinski definition) is 4. The van der Waals surface area contributed by atoms with Gasteiger partial charge in [0.15, 0.2) is 10.7 Å². The zero-order valence-electron chi connectivity index (χ0n) is 10.5. The Balaban J connectivity index is 2.34. The molecule has 0 saturated carbocycles. The third-order valence-electron chi connectivity index (χ3n) is 2.61. The van der Waals surface area contributed by atoms with Gasteiger partial charge < -0.3 is 10.0 Å². The zero-order chi connectivity index (χ0) is 14.7. The van der Waals surface area contributed by atoms with E-state index in [4.69, 9.17) is 5.11 Å². The number of hydrogen-bond donors (Lipinski definition) is 1. The second-order valence-corrected chi connectivity index (χ2v) is 4.70. The molecule has 0 radical (unpaired) electrons. The van der Waals surface area contributed by atoms with E-state index in [1.54, 1.807) is 13.0 Å². The number of anilines is 1. The minimum Gasteiger partial charge on any atom is -0.476 e. The zero-order valence-corrected chi connectivity index (χ0v) is 11.4. The number of carbonyl (C=O) groups excluding carboxylic acids is 1. The fourth-order valence-electron chi connectivity index (χ4n) is 1.68. The van der Waals surface area contributed by atoms with Crippen molar-refractivity contribution in [2.75, 3.05) is 11.4 Å². The van der Waals surface area contributed by atoms with Crippen LogP contribution in [0.2, 0.25) is 0 Å². The predicted octanol–water partition coefficient (Wildman–Crippen LogP) is 2.65. The fourth-order valence-corrected chi connectivity index (χ4v) is 2.42. The van der Waals surface area contributed by atoms with Crippen molar-refractivity contribution in [3.8, 4) is 0 Å². The molecule has 0 aliphatic heterocycles. The Morgan fingerprint density at radius 1 is 1.40 bits per heavy atom. The summed E-state index contributed by atoms with van der Waals surface area (Å²) in [5.41, 5.74) is -0.0463. The van der Waals surface area contributed by atoms with Gasteiger partial charge in [0.05, 0.1) is 5.69 Å². The fraction of sp³-hybridized carbons (Fsp3) is 0.154. The largest absolute Gasteiger partial charge is 0.476 e. The summed E-state index contributed by atoms with van der Waals surface area (Å²) in [6.07, 6.45) is 0. The summed E-state index contributed by atoms with van der Waals surface area (Å²) in [6, 6.07) is 5.90. The highest BCUT2D eigenvalue weighted by molar-refractivity contribution is 7.12. The van der Waals surface area contributed by atoms with Crippen molar-refractivity contribution < 1.29 is 19.1 Å². The van der Waals surface area contributed by atoms with Crippen LogP contribution >= 0.6 is 11.3 Å². The third-order valence-corrected chi connectivity index (χ3v) is 3.44. The van der Waals surface area contributed by atoms with Crippen LogP contribution in [0, 0.1) is 5.82 Å². The SMILES string of the molecule is CCN(C(=O)c1nc(C(=O)O)cs1)c1ccccc1F. The average Bonchev–Trinajstić information content (AvgIpc) is 2.91. The van der Waals surface area contributed by atoms with Gasteiger partial charge in [-0.2, -0.15) is 0 Å². The van der Waals surface area contributed by atoms with Crippen LogP contribution in [0.3, 0.4) is 0 Å². The summed E-state index contributed by atoms with van der Waals surface area (Å²) >= 11 is 0.925. The Hall–Kier alpha value is -2.28. The molecule has 1 aromatic carbocycles. The Bertz CT molecular complexity index is 657. The molecule has 0 saturated heterocycles. The molecule has 0 unspecified atom stereocenters. The van der Waals surface area contributed by atoms with Gasteiger partial charge >= 0.3 is 5.97 Å². The normalized spacial score (nSPS) is 10.3. The maximum absolute atomic E-state index is 13.7. The molecule has 1 aromatic heterocycles. The number of carbonyl (C=O) groups is 2. The second kappa shape index (κ2) is 5.79. The number of carboxylic acids is 1. The van der Waals surface area contributed by atoms with Crippen molar-refractivity contribution in [1.82, 2.24) is 4.98 Å². The number of nitrogens with zero attached hydrogens (tertiary/aromatic N) is 2. The number of amides is 1. The van der Waals surface area contributed by atoms with Crippen LogP contribution in [0.5, 0.6) is 0 Å². The Morgan fingerprint density at radius 2 is 2.10 bits per heavy atom. The van der Waals surface area contributed by atoms with E-state index < -0.39 is 17.7 Å². The van der Waals surface area contributed by atoms with E-state index in [9.17, 15) is 14.0 Å². The summed E-state index contributed by atoms with van der Waals surface area (Å²) in [5.74, 6) is -2.23. The summed E-state index contributed by atoms with van der Waals surface area (Å²) in [7, 11) is 0. The smallest absolute Gasteiger partial charge is 0.355 e. The highest BCUT2D eigenvalue weighted by Gasteiger charge is 2.22. The molecule has 0 fully saturated rings. The number of aromatic carboxylic acids is 1. The van der Waals surface area contributed by atoms with Crippen LogP contribution < -0.4 is 4.90 Å². The van der Waals surface area contributed by atoms with E-state index in [0.717, 1.165) is 11.3 Å². The van der Waals surface area contributed by atoms with Gasteiger partial charge in [0.2, 0.25) is 0 Å². The van der Waals surface area contributed by atoms with Crippen molar-refractivity contribution in [3.63, 3.8) is 0 Å². The lowest BCUT2D eigenvalue weighted by atomic mass is 10.2. The summed E-state index contributed by atoms with van der Waals surface area (Å²) in [6.45, 7) is 1.96. The Labute approximate surface area is 118 Å². The molecule has 1 N–H and O–H groups in total. The molecular formula is C13H11FN2O3S. The van der Waals surface area contributed by atoms with Gasteiger partial charge in [-0.3, -0.25) is 4.79 Å². The topological polar surface area (TPSA) is 70.5 Å². The summed E-state index contributed by atoms with van der Waals surface area (Å²) in [5, 5.41) is 10.1. The monoisotopic (exact) mass is 294 g/mol. The van der Waals surface area contributed by atoms with Gasteiger partial charge in [-0.1, -0.05) is 12.1 Å². The molecule has 0 spiro atoms. The van der Waals surface area contributed by atoms with E-state index in [1.807, 2.05) is 0 Å². The highest BCUT2D eigenvalue weighted by Crippen LogP contribution is 2.22. The van der Waals surface area contributed by atoms with Crippen LogP contribution in [0.4, 0.5) is 10.1 Å². The predicted molar refractivity (Wildman–Crippen MR) is 72.8 cm³/mol. The number of thiazole rings is 1. The molecule has 1 heterocycles. The van der Waals surface area contributed by atoms with E-state index in [2.05, 4.69) is 4.98 Å². The minimum atomic E-state index is -1.20. The number of rotatable bonds is 4. The summed E-state index contributed by atoms with van der Waals surface area (Å²) in [4.78, 5) is 28.0. The first kappa shape index (κ1) is 14.1. The number of benzene rings is 1. The van der Waals surface area contributed by atoms with Gasteiger partial charge in [-0.25, -0.2) is 14.2 Å². The van der Waals surface area contributed by atoms with E-state index in [0.29, 0.717) is 0 Å². The summed E-state index contributed by atoms with van der Waals surface area (Å²) < 4.78 is 13.7. The first-order valence-electron chi connectivity index (χ1n) is 5.79. The van der Waals surface area contributed by atoms with Crippen LogP contribution in [-0.4, -0.2) is 28.5 Å². The van der Waals surface area contributed by atoms with E-state index in [1.165, 1.54) is 28.5 Å². The van der Waals surface area contributed by atoms with Crippen LogP contribution in [0.25, 0.3) is 0 Å². The van der Waals surface area contributed by atoms with Gasteiger partial charge in [-0.15, -0.1) is 11.3 Å². The minimum absolute atomic E-state index is 0.0208. The molecule has 7 heteroatoms. The molecule has 0 aliphatic rings. The Morgan fingerprint density at radius 3 is 2.65 bits per heavy atom. The van der Waals surface area contributed by atoms with Crippen LogP contribution in [0.15, 0.2) is 29.6 Å². The Kier molecular flexibility index (Phi) is 4.09. The molecule has 5 nitrogen and oxygen atoms in total. The maximum Gasteiger partial charge on any atom is 0.355 e. The lowest BCUT2D eigenvalue weighted by molar-refractivity contribution is 0.0691. The van der Waals surface area contributed by atoms with Crippen molar-refractivity contribution in [2.24, 2.45) is 0 Å². The highest BCUT2D eigenvalue weighted by atomic mass is 32.1. The van der Waals surface area contributed by atoms with E-state index >= 15 is 0 Å². The van der Waals surface area contributed by atoms with Crippen molar-refractivity contribution >= 4 is 28.9 Å². The first-order chi connectivity index (χ1) is 9.54. The van der Waals surface area contributed by atoms with Gasteiger partial charge in [0.1, 0.15) is 5.82 Å². The lowest BCUT2D eigenvalue weighted by Crippen LogP contribution is -2.31. The van der Waals surface area contributed by atoms with Crippen LogP contribution in [-0.2, 0) is 0 Å². The standard InChI is InChI=1S/C13H11FN2O3S/c1-2-16(10-6-4-3-5-8(10)14)12(17)11-15-9(7-20-11)13(18)19/h3-7H,2H2,1H3,(H,18,19). The third kappa shape index (κ3) is 2.67. The molecular weight excluding hydrogens is 283 g/mol. The second-order valence-electron chi connectivity index (χ2n) is 3.84. The molecule has 2 rings (SSSR count). The first-order valence-corrected chi connectivity index (χ1v) is 6.67. The molecule has 0 aliphatic carbocycles. The van der Waals surface area contributed by atoms with Crippen molar-refractivity contribution in [3.05, 3.63) is 46.2 Å². The quantitative estimate of drug-likeness (QED) is 0.941. The van der Waals surface area contributed by atoms with Crippen molar-refractivity contribution in [2.45, 2.75) is 6.92 Å². The molecule has 1 amide bonds. The average molecular weight is 294 g/mol. The van der Waals surface area contributed by atoms with Crippen molar-refractivity contribution in [1.29, 1.82) is 0 Å². The van der Waals surface area contributed by atoms with E-state index in [-0.39, 0.29) is 22.9 Å². The maximum atomic E-state index is 13.7. The molecule has 104 valence electrons. The number of para-hydroxylation sites is 1. The van der Waals surface area contributed by atoms with Crippen LogP contribution in [0.1, 0.15) is 27.2 Å². The van der Waals surface area contributed by atoms with Gasteiger partial charge in [0, 0.05) is 11.9 Å². The number of aromatic nitrogens is 1. The molecule has 20 heavy (non-hydrogen) atoms. The number of carboxylic acid groups (broad SMARTS) is 1.